The van der Waals surface area contributed by atoms with Crippen molar-refractivity contribution in [3.8, 4) is 0 Å². The number of amides is 4. The topological polar surface area (TPSA) is 78.5 Å². The first kappa shape index (κ1) is 17.8. The van der Waals surface area contributed by atoms with Crippen LogP contribution in [0.1, 0.15) is 17.5 Å². The maximum absolute atomic E-state index is 13.0. The van der Waals surface area contributed by atoms with E-state index in [-0.39, 0.29) is 0 Å². The van der Waals surface area contributed by atoms with Crippen molar-refractivity contribution in [1.29, 1.82) is 0 Å². The van der Waals surface area contributed by atoms with Gasteiger partial charge in [0, 0.05) is 5.02 Å². The van der Waals surface area contributed by atoms with E-state index < -0.39 is 29.9 Å². The largest absolute Gasteiger partial charge is 0.325 e. The van der Waals surface area contributed by atoms with E-state index in [2.05, 4.69) is 10.6 Å². The van der Waals surface area contributed by atoms with Crippen LogP contribution in [0.3, 0.4) is 0 Å². The van der Waals surface area contributed by atoms with E-state index in [4.69, 9.17) is 23.2 Å². The molecule has 1 unspecified atom stereocenters. The standard InChI is InChI=1S/C19H15Cl2N3O3/c20-12-5-6-14(21)15(9-12)22-16(25)10-24-17(26)19(23-18(24)27)8-7-11-3-1-2-4-13(11)19/h1-6,9H,7-8,10H2,(H,22,25)(H,23,27). The first-order valence-electron chi connectivity index (χ1n) is 8.38. The molecule has 2 aliphatic rings. The third-order valence-corrected chi connectivity index (χ3v) is 5.49. The number of urea groups is 1. The number of rotatable bonds is 3. The fourth-order valence-corrected chi connectivity index (χ4v) is 4.00. The third kappa shape index (κ3) is 2.95. The summed E-state index contributed by atoms with van der Waals surface area (Å²) in [5.41, 5.74) is 1.07. The predicted molar refractivity (Wildman–Crippen MR) is 102 cm³/mol. The van der Waals surface area contributed by atoms with Crippen molar-refractivity contribution in [3.05, 3.63) is 63.6 Å². The number of carbonyl (C=O) groups excluding carboxylic acids is 3. The average Bonchev–Trinajstić information content (AvgIpc) is 3.12. The molecule has 4 rings (SSSR count). The van der Waals surface area contributed by atoms with E-state index in [1.165, 1.54) is 6.07 Å². The molecule has 0 saturated carbocycles. The maximum Gasteiger partial charge on any atom is 0.325 e. The van der Waals surface area contributed by atoms with Gasteiger partial charge in [-0.15, -0.1) is 0 Å². The van der Waals surface area contributed by atoms with E-state index in [1.54, 1.807) is 12.1 Å². The Morgan fingerprint density at radius 3 is 2.78 bits per heavy atom. The van der Waals surface area contributed by atoms with Crippen molar-refractivity contribution in [1.82, 2.24) is 10.2 Å². The number of hydrogen-bond acceptors (Lipinski definition) is 3. The van der Waals surface area contributed by atoms with Crippen LogP contribution >= 0.6 is 23.2 Å². The quantitative estimate of drug-likeness (QED) is 0.771. The number of imide groups is 1. The molecule has 1 aliphatic carbocycles. The molecule has 138 valence electrons. The van der Waals surface area contributed by atoms with Gasteiger partial charge in [-0.2, -0.15) is 0 Å². The van der Waals surface area contributed by atoms with E-state index in [1.807, 2.05) is 24.3 Å². The average molecular weight is 404 g/mol. The number of nitrogens with zero attached hydrogens (tertiary/aromatic N) is 1. The van der Waals surface area contributed by atoms with Gasteiger partial charge in [-0.05, 0) is 42.2 Å². The summed E-state index contributed by atoms with van der Waals surface area (Å²) in [5, 5.41) is 6.09. The van der Waals surface area contributed by atoms with Gasteiger partial charge in [0.15, 0.2) is 0 Å². The molecule has 2 N–H and O–H groups in total. The van der Waals surface area contributed by atoms with E-state index in [0.717, 1.165) is 16.0 Å². The molecule has 1 fully saturated rings. The summed E-state index contributed by atoms with van der Waals surface area (Å²) >= 11 is 11.9. The number of hydrogen-bond donors (Lipinski definition) is 2. The first-order chi connectivity index (χ1) is 12.9. The molecule has 0 bridgehead atoms. The van der Waals surface area contributed by atoms with Crippen LogP contribution in [0.5, 0.6) is 0 Å². The van der Waals surface area contributed by atoms with Crippen molar-refractivity contribution >= 4 is 46.7 Å². The van der Waals surface area contributed by atoms with Crippen LogP contribution in [0.25, 0.3) is 0 Å². The Bertz CT molecular complexity index is 978. The van der Waals surface area contributed by atoms with Crippen LogP contribution in [-0.2, 0) is 21.5 Å². The predicted octanol–water partition coefficient (Wildman–Crippen LogP) is 3.33. The van der Waals surface area contributed by atoms with Crippen molar-refractivity contribution in [3.63, 3.8) is 0 Å². The highest BCUT2D eigenvalue weighted by Crippen LogP contribution is 2.41. The Kier molecular flexibility index (Phi) is 4.32. The van der Waals surface area contributed by atoms with Gasteiger partial charge in [0.1, 0.15) is 12.1 Å². The van der Waals surface area contributed by atoms with Gasteiger partial charge in [-0.1, -0.05) is 47.5 Å². The molecule has 8 heteroatoms. The number of nitrogens with one attached hydrogen (secondary N) is 2. The summed E-state index contributed by atoms with van der Waals surface area (Å²) in [7, 11) is 0. The Morgan fingerprint density at radius 1 is 1.19 bits per heavy atom. The van der Waals surface area contributed by atoms with E-state index in [9.17, 15) is 14.4 Å². The normalized spacial score (nSPS) is 20.7. The lowest BCUT2D eigenvalue weighted by molar-refractivity contribution is -0.134. The molecule has 27 heavy (non-hydrogen) atoms. The van der Waals surface area contributed by atoms with Crippen molar-refractivity contribution in [2.45, 2.75) is 18.4 Å². The molecule has 1 aliphatic heterocycles. The van der Waals surface area contributed by atoms with Crippen LogP contribution in [0.2, 0.25) is 10.0 Å². The SMILES string of the molecule is O=C(CN1C(=O)NC2(CCc3ccccc32)C1=O)Nc1cc(Cl)ccc1Cl. The molecule has 4 amide bonds. The number of halogens is 2. The Balaban J connectivity index is 1.54. The third-order valence-electron chi connectivity index (χ3n) is 4.93. The van der Waals surface area contributed by atoms with Gasteiger partial charge in [0.2, 0.25) is 5.91 Å². The molecule has 2 aromatic rings. The monoisotopic (exact) mass is 403 g/mol. The molecule has 1 atom stereocenters. The van der Waals surface area contributed by atoms with Crippen LogP contribution in [-0.4, -0.2) is 29.3 Å². The van der Waals surface area contributed by atoms with Gasteiger partial charge in [0.25, 0.3) is 5.91 Å². The highest BCUT2D eigenvalue weighted by Gasteiger charge is 2.55. The minimum atomic E-state index is -1.08. The minimum Gasteiger partial charge on any atom is -0.323 e. The van der Waals surface area contributed by atoms with Gasteiger partial charge >= 0.3 is 6.03 Å². The molecule has 1 heterocycles. The lowest BCUT2D eigenvalue weighted by Crippen LogP contribution is -2.43. The van der Waals surface area contributed by atoms with E-state index >= 15 is 0 Å². The van der Waals surface area contributed by atoms with Crippen molar-refractivity contribution in [2.75, 3.05) is 11.9 Å². The number of aryl methyl sites for hydroxylation is 1. The molecule has 1 spiro atoms. The van der Waals surface area contributed by atoms with Crippen LogP contribution in [0, 0.1) is 0 Å². The zero-order chi connectivity index (χ0) is 19.2. The van der Waals surface area contributed by atoms with E-state index in [0.29, 0.717) is 28.6 Å². The zero-order valence-corrected chi connectivity index (χ0v) is 15.6. The highest BCUT2D eigenvalue weighted by atomic mass is 35.5. The molecule has 0 radical (unpaired) electrons. The second-order valence-corrected chi connectivity index (χ2v) is 7.40. The lowest BCUT2D eigenvalue weighted by Gasteiger charge is -2.22. The fraction of sp³-hybridized carbons (Fsp3) is 0.211. The summed E-state index contributed by atoms with van der Waals surface area (Å²) in [4.78, 5) is 38.8. The highest BCUT2D eigenvalue weighted by molar-refractivity contribution is 6.35. The number of fused-ring (bicyclic) bond motifs is 2. The molecule has 1 saturated heterocycles. The van der Waals surface area contributed by atoms with Crippen molar-refractivity contribution < 1.29 is 14.4 Å². The Morgan fingerprint density at radius 2 is 1.96 bits per heavy atom. The summed E-state index contributed by atoms with van der Waals surface area (Å²) in [6, 6.07) is 11.6. The van der Waals surface area contributed by atoms with Crippen LogP contribution in [0.15, 0.2) is 42.5 Å². The molecule has 0 aromatic heterocycles. The second-order valence-electron chi connectivity index (χ2n) is 6.56. The lowest BCUT2D eigenvalue weighted by atomic mass is 9.92. The Hall–Kier alpha value is -2.57. The maximum atomic E-state index is 13.0. The van der Waals surface area contributed by atoms with Gasteiger partial charge in [-0.25, -0.2) is 4.79 Å². The number of carbonyl (C=O) groups is 3. The summed E-state index contributed by atoms with van der Waals surface area (Å²) in [6.45, 7) is -0.405. The number of anilines is 1. The fourth-order valence-electron chi connectivity index (χ4n) is 3.66. The van der Waals surface area contributed by atoms with Crippen molar-refractivity contribution in [2.24, 2.45) is 0 Å². The second kappa shape index (κ2) is 6.55. The first-order valence-corrected chi connectivity index (χ1v) is 9.14. The molecule has 6 nitrogen and oxygen atoms in total. The van der Waals surface area contributed by atoms with Crippen LogP contribution < -0.4 is 10.6 Å². The van der Waals surface area contributed by atoms with Crippen LogP contribution in [0.4, 0.5) is 10.5 Å². The van der Waals surface area contributed by atoms with Gasteiger partial charge in [0.05, 0.1) is 10.7 Å². The minimum absolute atomic E-state index is 0.311. The Labute approximate surface area is 165 Å². The summed E-state index contributed by atoms with van der Waals surface area (Å²) < 4.78 is 0. The molecular formula is C19H15Cl2N3O3. The smallest absolute Gasteiger partial charge is 0.323 e. The molecular weight excluding hydrogens is 389 g/mol. The van der Waals surface area contributed by atoms with Gasteiger partial charge in [-0.3, -0.25) is 14.5 Å². The van der Waals surface area contributed by atoms with Gasteiger partial charge < -0.3 is 10.6 Å². The zero-order valence-electron chi connectivity index (χ0n) is 14.1. The number of benzene rings is 2. The summed E-state index contributed by atoms with van der Waals surface area (Å²) in [6.07, 6.45) is 1.18. The molecule has 2 aromatic carbocycles. The summed E-state index contributed by atoms with van der Waals surface area (Å²) in [5.74, 6) is -0.948.